The zero-order valence-electron chi connectivity index (χ0n) is 10.2. The van der Waals surface area contributed by atoms with Crippen molar-refractivity contribution in [3.63, 3.8) is 0 Å². The highest BCUT2D eigenvalue weighted by molar-refractivity contribution is 5.78. The Morgan fingerprint density at radius 2 is 1.82 bits per heavy atom. The fraction of sp³-hybridized carbons (Fsp3) is 0.909. The molecule has 0 saturated carbocycles. The molecule has 100 valence electrons. The predicted octanol–water partition coefficient (Wildman–Crippen LogP) is 1.64. The van der Waals surface area contributed by atoms with Crippen molar-refractivity contribution in [2.45, 2.75) is 26.4 Å². The number of nitrogens with zero attached hydrogens (tertiary/aromatic N) is 1. The quantitative estimate of drug-likeness (QED) is 0.828. The average Bonchev–Trinajstić information content (AvgIpc) is 2.11. The summed E-state index contributed by atoms with van der Waals surface area (Å²) in [6, 6.07) is 0. The summed E-state index contributed by atoms with van der Waals surface area (Å²) < 4.78 is 35.7. The second-order valence-electron chi connectivity index (χ2n) is 5.03. The van der Waals surface area contributed by atoms with Crippen molar-refractivity contribution >= 4 is 5.91 Å². The molecule has 3 nitrogen and oxygen atoms in total. The summed E-state index contributed by atoms with van der Waals surface area (Å²) in [5.41, 5.74) is 0. The Bertz CT molecular complexity index is 258. The minimum absolute atomic E-state index is 0.0603. The molecular formula is C11H19F3N2O. The highest BCUT2D eigenvalue weighted by atomic mass is 19.4. The zero-order valence-corrected chi connectivity index (χ0v) is 10.2. The van der Waals surface area contributed by atoms with Crippen molar-refractivity contribution < 1.29 is 18.0 Å². The Morgan fingerprint density at radius 3 is 2.29 bits per heavy atom. The van der Waals surface area contributed by atoms with Crippen LogP contribution < -0.4 is 5.32 Å². The van der Waals surface area contributed by atoms with Crippen LogP contribution in [0.2, 0.25) is 0 Å². The molecule has 0 aliphatic carbocycles. The molecule has 1 heterocycles. The number of likely N-dealkylation sites (tertiary alicyclic amines) is 1. The van der Waals surface area contributed by atoms with Crippen LogP contribution in [0.5, 0.6) is 0 Å². The molecule has 0 aromatic rings. The monoisotopic (exact) mass is 252 g/mol. The van der Waals surface area contributed by atoms with Gasteiger partial charge in [-0.3, -0.25) is 9.69 Å². The summed E-state index contributed by atoms with van der Waals surface area (Å²) in [5.74, 6) is 0.437. The standard InChI is InChI=1S/C11H19F3N2O/c1-8-3-9(2)5-16(4-8)6-10(17)15-7-11(12,13)14/h8-9H,3-7H2,1-2H3,(H,15,17). The van der Waals surface area contributed by atoms with Crippen molar-refractivity contribution in [3.05, 3.63) is 0 Å². The van der Waals surface area contributed by atoms with Crippen molar-refractivity contribution in [3.8, 4) is 0 Å². The van der Waals surface area contributed by atoms with Crippen LogP contribution in [-0.4, -0.2) is 43.2 Å². The van der Waals surface area contributed by atoms with Crippen molar-refractivity contribution in [2.75, 3.05) is 26.2 Å². The zero-order chi connectivity index (χ0) is 13.1. The summed E-state index contributed by atoms with van der Waals surface area (Å²) in [5, 5.41) is 1.89. The Morgan fingerprint density at radius 1 is 1.29 bits per heavy atom. The number of carbonyl (C=O) groups excluding carboxylic acids is 1. The van der Waals surface area contributed by atoms with Crippen molar-refractivity contribution in [2.24, 2.45) is 11.8 Å². The molecule has 1 aliphatic rings. The number of halogens is 3. The molecule has 0 aromatic heterocycles. The SMILES string of the molecule is CC1CC(C)CN(CC(=O)NCC(F)(F)F)C1. The van der Waals surface area contributed by atoms with Crippen molar-refractivity contribution in [1.29, 1.82) is 0 Å². The first-order chi connectivity index (χ1) is 7.76. The summed E-state index contributed by atoms with van der Waals surface area (Å²) >= 11 is 0. The molecule has 0 spiro atoms. The van der Waals surface area contributed by atoms with E-state index in [1.165, 1.54) is 0 Å². The van der Waals surface area contributed by atoms with Crippen LogP contribution >= 0.6 is 0 Å². The Labute approximate surface area is 99.4 Å². The van der Waals surface area contributed by atoms with Crippen LogP contribution in [0.15, 0.2) is 0 Å². The smallest absolute Gasteiger partial charge is 0.346 e. The highest BCUT2D eigenvalue weighted by Crippen LogP contribution is 2.20. The van der Waals surface area contributed by atoms with Gasteiger partial charge in [-0.25, -0.2) is 0 Å². The molecule has 1 aliphatic heterocycles. The average molecular weight is 252 g/mol. The lowest BCUT2D eigenvalue weighted by atomic mass is 9.92. The lowest BCUT2D eigenvalue weighted by Gasteiger charge is -2.34. The van der Waals surface area contributed by atoms with Gasteiger partial charge in [-0.1, -0.05) is 13.8 Å². The Kier molecular flexibility index (Phi) is 4.80. The molecule has 2 atom stereocenters. The van der Waals surface area contributed by atoms with Gasteiger partial charge in [-0.05, 0) is 18.3 Å². The fourth-order valence-corrected chi connectivity index (χ4v) is 2.38. The molecule has 0 aromatic carbocycles. The Hall–Kier alpha value is -0.780. The molecule has 17 heavy (non-hydrogen) atoms. The van der Waals surface area contributed by atoms with E-state index in [0.29, 0.717) is 11.8 Å². The fourth-order valence-electron chi connectivity index (χ4n) is 2.38. The molecular weight excluding hydrogens is 233 g/mol. The van der Waals surface area contributed by atoms with E-state index in [1.54, 1.807) is 0 Å². The van der Waals surface area contributed by atoms with Crippen LogP contribution in [0.3, 0.4) is 0 Å². The number of carbonyl (C=O) groups is 1. The van der Waals surface area contributed by atoms with E-state index >= 15 is 0 Å². The molecule has 1 fully saturated rings. The summed E-state index contributed by atoms with van der Waals surface area (Å²) in [4.78, 5) is 13.2. The second-order valence-corrected chi connectivity index (χ2v) is 5.03. The Balaban J connectivity index is 2.30. The number of hydrogen-bond acceptors (Lipinski definition) is 2. The van der Waals surface area contributed by atoms with Gasteiger partial charge in [0.25, 0.3) is 0 Å². The number of alkyl halides is 3. The first-order valence-corrected chi connectivity index (χ1v) is 5.82. The first kappa shape index (κ1) is 14.3. The number of hydrogen-bond donors (Lipinski definition) is 1. The number of piperidine rings is 1. The van der Waals surface area contributed by atoms with Gasteiger partial charge in [0.2, 0.25) is 5.91 Å². The van der Waals surface area contributed by atoms with Gasteiger partial charge in [-0.2, -0.15) is 13.2 Å². The third kappa shape index (κ3) is 5.91. The van der Waals surface area contributed by atoms with Crippen LogP contribution in [0, 0.1) is 11.8 Å². The highest BCUT2D eigenvalue weighted by Gasteiger charge is 2.28. The molecule has 0 radical (unpaired) electrons. The lowest BCUT2D eigenvalue weighted by molar-refractivity contribution is -0.139. The molecule has 0 bridgehead atoms. The predicted molar refractivity (Wildman–Crippen MR) is 58.4 cm³/mol. The number of amides is 1. The van der Waals surface area contributed by atoms with Gasteiger partial charge in [-0.15, -0.1) is 0 Å². The third-order valence-corrected chi connectivity index (χ3v) is 2.80. The van der Waals surface area contributed by atoms with E-state index in [2.05, 4.69) is 13.8 Å². The number of nitrogens with one attached hydrogen (secondary N) is 1. The summed E-state index contributed by atoms with van der Waals surface area (Å²) in [6.45, 7) is 4.57. The van der Waals surface area contributed by atoms with Gasteiger partial charge in [0.15, 0.2) is 0 Å². The van der Waals surface area contributed by atoms with E-state index in [1.807, 2.05) is 10.2 Å². The first-order valence-electron chi connectivity index (χ1n) is 5.82. The lowest BCUT2D eigenvalue weighted by Crippen LogP contribution is -2.46. The summed E-state index contributed by atoms with van der Waals surface area (Å²) in [6.07, 6.45) is -3.22. The molecule has 2 unspecified atom stereocenters. The van der Waals surface area contributed by atoms with Gasteiger partial charge in [0.1, 0.15) is 6.54 Å². The topological polar surface area (TPSA) is 32.3 Å². The van der Waals surface area contributed by atoms with Gasteiger partial charge < -0.3 is 5.32 Å². The molecule has 6 heteroatoms. The van der Waals surface area contributed by atoms with E-state index < -0.39 is 18.6 Å². The third-order valence-electron chi connectivity index (χ3n) is 2.80. The normalized spacial score (nSPS) is 26.9. The van der Waals surface area contributed by atoms with E-state index in [9.17, 15) is 18.0 Å². The molecule has 1 saturated heterocycles. The summed E-state index contributed by atoms with van der Waals surface area (Å²) in [7, 11) is 0. The van der Waals surface area contributed by atoms with Gasteiger partial charge >= 0.3 is 6.18 Å². The van der Waals surface area contributed by atoms with E-state index in [0.717, 1.165) is 19.5 Å². The van der Waals surface area contributed by atoms with Gasteiger partial charge in [0, 0.05) is 13.1 Å². The maximum atomic E-state index is 11.9. The van der Waals surface area contributed by atoms with Gasteiger partial charge in [0.05, 0.1) is 6.54 Å². The minimum Gasteiger partial charge on any atom is -0.346 e. The van der Waals surface area contributed by atoms with Crippen LogP contribution in [-0.2, 0) is 4.79 Å². The largest absolute Gasteiger partial charge is 0.405 e. The number of rotatable bonds is 3. The minimum atomic E-state index is -4.34. The molecule has 1 N–H and O–H groups in total. The van der Waals surface area contributed by atoms with E-state index in [-0.39, 0.29) is 6.54 Å². The maximum Gasteiger partial charge on any atom is 0.405 e. The van der Waals surface area contributed by atoms with Crippen LogP contribution in [0.4, 0.5) is 13.2 Å². The van der Waals surface area contributed by atoms with Crippen LogP contribution in [0.1, 0.15) is 20.3 Å². The molecule has 1 amide bonds. The maximum absolute atomic E-state index is 11.9. The second kappa shape index (κ2) is 5.71. The molecule has 1 rings (SSSR count). The van der Waals surface area contributed by atoms with Crippen LogP contribution in [0.25, 0.3) is 0 Å². The van der Waals surface area contributed by atoms with Crippen molar-refractivity contribution in [1.82, 2.24) is 10.2 Å². The van der Waals surface area contributed by atoms with E-state index in [4.69, 9.17) is 0 Å².